The molecule has 0 saturated carbocycles. The molecule has 1 atom stereocenters. The van der Waals surface area contributed by atoms with E-state index in [1.807, 2.05) is 0 Å². The quantitative estimate of drug-likeness (QED) is 0.892. The van der Waals surface area contributed by atoms with Gasteiger partial charge in [0.15, 0.2) is 0 Å². The number of anilines is 2. The third-order valence-electron chi connectivity index (χ3n) is 3.19. The molecule has 1 saturated heterocycles. The molecule has 1 aliphatic heterocycles. The second kappa shape index (κ2) is 5.90. The van der Waals surface area contributed by atoms with Gasteiger partial charge in [-0.3, -0.25) is 0 Å². The first-order chi connectivity index (χ1) is 9.76. The molecule has 0 radical (unpaired) electrons. The highest BCUT2D eigenvalue weighted by Crippen LogP contribution is 2.29. The highest BCUT2D eigenvalue weighted by molar-refractivity contribution is 7.18. The summed E-state index contributed by atoms with van der Waals surface area (Å²) in [5.74, 6) is 1.07. The number of thiophene rings is 1. The summed E-state index contributed by atoms with van der Waals surface area (Å²) in [5.41, 5.74) is 5.77. The van der Waals surface area contributed by atoms with Crippen LogP contribution in [0.5, 0.6) is 0 Å². The number of hydrogen-bond donors (Lipinski definition) is 2. The maximum atomic E-state index is 5.77. The third kappa shape index (κ3) is 2.84. The first-order valence-electron chi connectivity index (χ1n) is 6.75. The average molecular weight is 294 g/mol. The van der Waals surface area contributed by atoms with E-state index in [1.165, 1.54) is 4.88 Å². The van der Waals surface area contributed by atoms with E-state index in [4.69, 9.17) is 15.2 Å². The van der Waals surface area contributed by atoms with Crippen molar-refractivity contribution in [1.29, 1.82) is 0 Å². The van der Waals surface area contributed by atoms with Gasteiger partial charge in [-0.1, -0.05) is 6.92 Å². The van der Waals surface area contributed by atoms with E-state index in [-0.39, 0.29) is 6.10 Å². The van der Waals surface area contributed by atoms with Crippen molar-refractivity contribution >= 4 is 33.3 Å². The van der Waals surface area contributed by atoms with E-state index >= 15 is 0 Å². The molecule has 1 unspecified atom stereocenters. The maximum Gasteiger partial charge on any atom is 0.223 e. The predicted octanol–water partition coefficient (Wildman–Crippen LogP) is 1.66. The molecule has 1 fully saturated rings. The Kier molecular flexibility index (Phi) is 4.00. The minimum absolute atomic E-state index is 0.0549. The number of hydrogen-bond acceptors (Lipinski definition) is 7. The molecule has 2 aromatic heterocycles. The van der Waals surface area contributed by atoms with Crippen molar-refractivity contribution in [2.24, 2.45) is 0 Å². The van der Waals surface area contributed by atoms with Gasteiger partial charge in [-0.05, 0) is 12.5 Å². The van der Waals surface area contributed by atoms with Gasteiger partial charge >= 0.3 is 0 Å². The molecule has 108 valence electrons. The van der Waals surface area contributed by atoms with Crippen LogP contribution in [0.2, 0.25) is 0 Å². The van der Waals surface area contributed by atoms with Crippen molar-refractivity contribution in [3.05, 3.63) is 10.9 Å². The fraction of sp³-hybridized carbons (Fsp3) is 0.538. The van der Waals surface area contributed by atoms with E-state index in [0.29, 0.717) is 32.3 Å². The Hall–Kier alpha value is -1.44. The Morgan fingerprint density at radius 1 is 1.45 bits per heavy atom. The molecule has 2 aromatic rings. The van der Waals surface area contributed by atoms with Gasteiger partial charge in [-0.15, -0.1) is 11.3 Å². The van der Waals surface area contributed by atoms with Crippen molar-refractivity contribution in [3.8, 4) is 0 Å². The lowest BCUT2D eigenvalue weighted by molar-refractivity contribution is -0.0819. The normalized spacial score (nSPS) is 19.4. The maximum absolute atomic E-state index is 5.77. The Morgan fingerprint density at radius 2 is 2.35 bits per heavy atom. The zero-order valence-electron chi connectivity index (χ0n) is 11.4. The molecular weight excluding hydrogens is 276 g/mol. The minimum Gasteiger partial charge on any atom is -0.376 e. The molecule has 0 aliphatic carbocycles. The number of aryl methyl sites for hydroxylation is 1. The SMILES string of the molecule is CCc1cc2c(NCC3COCCO3)nc(N)nc2s1. The van der Waals surface area contributed by atoms with Crippen molar-refractivity contribution in [2.45, 2.75) is 19.4 Å². The number of nitrogens with zero attached hydrogens (tertiary/aromatic N) is 2. The van der Waals surface area contributed by atoms with Gasteiger partial charge in [0.25, 0.3) is 0 Å². The number of nitrogens with two attached hydrogens (primary N) is 1. The summed E-state index contributed by atoms with van der Waals surface area (Å²) in [4.78, 5) is 10.8. The summed E-state index contributed by atoms with van der Waals surface area (Å²) >= 11 is 1.66. The van der Waals surface area contributed by atoms with Crippen LogP contribution in [0.15, 0.2) is 6.07 Å². The van der Waals surface area contributed by atoms with E-state index in [0.717, 1.165) is 22.5 Å². The third-order valence-corrected chi connectivity index (χ3v) is 4.36. The number of aromatic nitrogens is 2. The van der Waals surface area contributed by atoms with Gasteiger partial charge in [-0.2, -0.15) is 4.98 Å². The number of rotatable bonds is 4. The van der Waals surface area contributed by atoms with Gasteiger partial charge in [-0.25, -0.2) is 4.98 Å². The molecule has 0 spiro atoms. The number of fused-ring (bicyclic) bond motifs is 1. The van der Waals surface area contributed by atoms with Crippen molar-refractivity contribution in [2.75, 3.05) is 37.4 Å². The van der Waals surface area contributed by atoms with Gasteiger partial charge in [0.05, 0.1) is 31.3 Å². The predicted molar refractivity (Wildman–Crippen MR) is 80.3 cm³/mol. The van der Waals surface area contributed by atoms with Crippen molar-refractivity contribution in [3.63, 3.8) is 0 Å². The zero-order chi connectivity index (χ0) is 13.9. The van der Waals surface area contributed by atoms with Crippen LogP contribution in [0.3, 0.4) is 0 Å². The summed E-state index contributed by atoms with van der Waals surface area (Å²) in [7, 11) is 0. The number of nitrogens with one attached hydrogen (secondary N) is 1. The summed E-state index contributed by atoms with van der Waals surface area (Å²) < 4.78 is 11.0. The first-order valence-corrected chi connectivity index (χ1v) is 7.57. The molecule has 7 heteroatoms. The Labute approximate surface area is 121 Å². The van der Waals surface area contributed by atoms with Crippen LogP contribution in [0.25, 0.3) is 10.2 Å². The molecule has 3 heterocycles. The lowest BCUT2D eigenvalue weighted by atomic mass is 10.3. The number of ether oxygens (including phenoxy) is 2. The molecule has 0 bridgehead atoms. The molecule has 3 rings (SSSR count). The van der Waals surface area contributed by atoms with Gasteiger partial charge in [0, 0.05) is 11.4 Å². The van der Waals surface area contributed by atoms with E-state index in [2.05, 4.69) is 28.3 Å². The monoisotopic (exact) mass is 294 g/mol. The summed E-state index contributed by atoms with van der Waals surface area (Å²) in [6.07, 6.45) is 1.04. The highest BCUT2D eigenvalue weighted by Gasteiger charge is 2.16. The van der Waals surface area contributed by atoms with Crippen LogP contribution in [0.4, 0.5) is 11.8 Å². The molecule has 6 nitrogen and oxygen atoms in total. The molecule has 3 N–H and O–H groups in total. The Morgan fingerprint density at radius 3 is 3.10 bits per heavy atom. The van der Waals surface area contributed by atoms with Crippen LogP contribution in [0, 0.1) is 0 Å². The van der Waals surface area contributed by atoms with Crippen LogP contribution >= 0.6 is 11.3 Å². The summed E-state index contributed by atoms with van der Waals surface area (Å²) in [6.45, 7) is 4.71. The van der Waals surface area contributed by atoms with Crippen molar-refractivity contribution in [1.82, 2.24) is 9.97 Å². The molecular formula is C13H18N4O2S. The fourth-order valence-electron chi connectivity index (χ4n) is 2.16. The zero-order valence-corrected chi connectivity index (χ0v) is 12.2. The van der Waals surface area contributed by atoms with E-state index < -0.39 is 0 Å². The number of nitrogen functional groups attached to an aromatic ring is 1. The lowest BCUT2D eigenvalue weighted by Crippen LogP contribution is -2.34. The summed E-state index contributed by atoms with van der Waals surface area (Å²) in [6, 6.07) is 2.13. The van der Waals surface area contributed by atoms with E-state index in [9.17, 15) is 0 Å². The lowest BCUT2D eigenvalue weighted by Gasteiger charge is -2.23. The van der Waals surface area contributed by atoms with Crippen molar-refractivity contribution < 1.29 is 9.47 Å². The van der Waals surface area contributed by atoms with E-state index in [1.54, 1.807) is 11.3 Å². The minimum atomic E-state index is 0.0549. The van der Waals surface area contributed by atoms with Crippen LogP contribution in [-0.4, -0.2) is 42.4 Å². The highest BCUT2D eigenvalue weighted by atomic mass is 32.1. The smallest absolute Gasteiger partial charge is 0.223 e. The Bertz CT molecular complexity index is 595. The molecule has 0 aromatic carbocycles. The standard InChI is InChI=1S/C13H18N4O2S/c1-2-9-5-10-11(16-13(14)17-12(10)20-9)15-6-8-7-18-3-4-19-8/h5,8H,2-4,6-7H2,1H3,(H3,14,15,16,17). The molecule has 0 amide bonds. The summed E-state index contributed by atoms with van der Waals surface area (Å²) in [5, 5.41) is 4.33. The van der Waals surface area contributed by atoms with Gasteiger partial charge in [0.2, 0.25) is 5.95 Å². The Balaban J connectivity index is 1.80. The first kappa shape index (κ1) is 13.5. The molecule has 20 heavy (non-hydrogen) atoms. The van der Waals surface area contributed by atoms with Crippen LogP contribution < -0.4 is 11.1 Å². The topological polar surface area (TPSA) is 82.3 Å². The average Bonchev–Trinajstić information content (AvgIpc) is 2.88. The van der Waals surface area contributed by atoms with Crippen LogP contribution in [0.1, 0.15) is 11.8 Å². The second-order valence-corrected chi connectivity index (χ2v) is 5.78. The largest absolute Gasteiger partial charge is 0.376 e. The second-order valence-electron chi connectivity index (χ2n) is 4.66. The van der Waals surface area contributed by atoms with Gasteiger partial charge in [0.1, 0.15) is 10.6 Å². The molecule has 1 aliphatic rings. The fourth-order valence-corrected chi connectivity index (χ4v) is 3.14. The van der Waals surface area contributed by atoms with Gasteiger partial charge < -0.3 is 20.5 Å². The van der Waals surface area contributed by atoms with Crippen LogP contribution in [-0.2, 0) is 15.9 Å².